The summed E-state index contributed by atoms with van der Waals surface area (Å²) in [5.41, 5.74) is 1.56. The van der Waals surface area contributed by atoms with E-state index >= 15 is 0 Å². The second-order valence-corrected chi connectivity index (χ2v) is 6.71. The minimum Gasteiger partial charge on any atom is -0.493 e. The third kappa shape index (κ3) is 4.47. The van der Waals surface area contributed by atoms with Crippen LogP contribution in [0.3, 0.4) is 0 Å². The van der Waals surface area contributed by atoms with Gasteiger partial charge in [-0.3, -0.25) is 4.90 Å². The molecular weight excluding hydrogens is 366 g/mol. The normalized spacial score (nSPS) is 14.8. The van der Waals surface area contributed by atoms with Crippen LogP contribution in [-0.2, 0) is 6.42 Å². The number of ether oxygens (including phenoxy) is 3. The van der Waals surface area contributed by atoms with Crippen molar-refractivity contribution in [3.8, 4) is 17.2 Å². The third-order valence-corrected chi connectivity index (χ3v) is 5.06. The van der Waals surface area contributed by atoms with Gasteiger partial charge < -0.3 is 19.1 Å². The number of halogens is 2. The topological polar surface area (TPSA) is 34.2 Å². The van der Waals surface area contributed by atoms with Gasteiger partial charge >= 0.3 is 0 Å². The zero-order valence-electron chi connectivity index (χ0n) is 16.5. The number of hydrogen-bond donors (Lipinski definition) is 0. The van der Waals surface area contributed by atoms with Gasteiger partial charge in [-0.25, -0.2) is 8.78 Å². The number of nitrogens with zero attached hydrogens (tertiary/aromatic N) is 2. The number of rotatable bonds is 7. The maximum Gasteiger partial charge on any atom is 0.203 e. The Kier molecular flexibility index (Phi) is 6.57. The number of piperazine rings is 1. The van der Waals surface area contributed by atoms with Crippen molar-refractivity contribution < 1.29 is 23.0 Å². The van der Waals surface area contributed by atoms with Crippen LogP contribution in [-0.4, -0.2) is 59.0 Å². The van der Waals surface area contributed by atoms with Crippen LogP contribution in [0.25, 0.3) is 0 Å². The molecule has 0 bridgehead atoms. The summed E-state index contributed by atoms with van der Waals surface area (Å²) in [6.45, 7) is 3.93. The summed E-state index contributed by atoms with van der Waals surface area (Å²) in [5.74, 6) is 0.821. The molecule has 1 aliphatic heterocycles. The molecular formula is C21H26F2N2O3. The highest BCUT2D eigenvalue weighted by Gasteiger charge is 2.20. The highest BCUT2D eigenvalue weighted by molar-refractivity contribution is 5.54. The van der Waals surface area contributed by atoms with E-state index in [0.29, 0.717) is 36.0 Å². The molecule has 0 N–H and O–H groups in total. The van der Waals surface area contributed by atoms with E-state index in [1.165, 1.54) is 12.1 Å². The molecule has 1 aliphatic rings. The predicted octanol–water partition coefficient (Wildman–Crippen LogP) is 3.36. The van der Waals surface area contributed by atoms with E-state index < -0.39 is 11.6 Å². The number of methoxy groups -OCH3 is 3. The van der Waals surface area contributed by atoms with Crippen molar-refractivity contribution in [3.63, 3.8) is 0 Å². The Morgan fingerprint density at radius 2 is 1.50 bits per heavy atom. The van der Waals surface area contributed by atoms with Crippen molar-refractivity contribution in [3.05, 3.63) is 47.5 Å². The van der Waals surface area contributed by atoms with E-state index in [0.717, 1.165) is 37.7 Å². The molecule has 0 unspecified atom stereocenters. The summed E-state index contributed by atoms with van der Waals surface area (Å²) in [5, 5.41) is 0. The largest absolute Gasteiger partial charge is 0.493 e. The van der Waals surface area contributed by atoms with Crippen molar-refractivity contribution in [2.45, 2.75) is 6.42 Å². The molecule has 0 saturated carbocycles. The lowest BCUT2D eigenvalue weighted by Crippen LogP contribution is -2.47. The Morgan fingerprint density at radius 1 is 0.857 bits per heavy atom. The molecule has 0 spiro atoms. The van der Waals surface area contributed by atoms with Crippen LogP contribution >= 0.6 is 0 Å². The smallest absolute Gasteiger partial charge is 0.203 e. The first-order valence-corrected chi connectivity index (χ1v) is 9.27. The second kappa shape index (κ2) is 9.10. The van der Waals surface area contributed by atoms with Gasteiger partial charge in [0.25, 0.3) is 0 Å². The summed E-state index contributed by atoms with van der Waals surface area (Å²) < 4.78 is 43.2. The molecule has 1 fully saturated rings. The number of benzene rings is 2. The first-order chi connectivity index (χ1) is 13.5. The average Bonchev–Trinajstić information content (AvgIpc) is 2.72. The molecule has 1 saturated heterocycles. The Hall–Kier alpha value is -2.54. The summed E-state index contributed by atoms with van der Waals surface area (Å²) in [4.78, 5) is 4.30. The first kappa shape index (κ1) is 20.2. The summed E-state index contributed by atoms with van der Waals surface area (Å²) in [7, 11) is 4.80. The van der Waals surface area contributed by atoms with Crippen molar-refractivity contribution >= 4 is 5.69 Å². The van der Waals surface area contributed by atoms with E-state index in [-0.39, 0.29) is 0 Å². The van der Waals surface area contributed by atoms with Crippen LogP contribution < -0.4 is 19.1 Å². The molecule has 28 heavy (non-hydrogen) atoms. The minimum atomic E-state index is -0.551. The SMILES string of the molecule is COc1cc(CCN2CCN(c3ccc(F)cc3F)CC2)cc(OC)c1OC. The summed E-state index contributed by atoms with van der Waals surface area (Å²) in [6.07, 6.45) is 0.835. The van der Waals surface area contributed by atoms with E-state index in [9.17, 15) is 8.78 Å². The highest BCUT2D eigenvalue weighted by atomic mass is 19.1. The molecule has 0 aromatic heterocycles. The van der Waals surface area contributed by atoms with Crippen molar-refractivity contribution in [1.82, 2.24) is 4.90 Å². The van der Waals surface area contributed by atoms with Gasteiger partial charge in [-0.15, -0.1) is 0 Å². The second-order valence-electron chi connectivity index (χ2n) is 6.71. The zero-order valence-corrected chi connectivity index (χ0v) is 16.5. The van der Waals surface area contributed by atoms with Gasteiger partial charge in [-0.1, -0.05) is 0 Å². The molecule has 3 rings (SSSR count). The standard InChI is InChI=1S/C21H26F2N2O3/c1-26-19-12-15(13-20(27-2)21(19)28-3)6-7-24-8-10-25(11-9-24)18-5-4-16(22)14-17(18)23/h4-5,12-14H,6-11H2,1-3H3. The van der Waals surface area contributed by atoms with Crippen LogP contribution in [0.1, 0.15) is 5.56 Å². The fourth-order valence-corrected chi connectivity index (χ4v) is 3.52. The molecule has 2 aromatic rings. The van der Waals surface area contributed by atoms with Gasteiger partial charge in [-0.05, 0) is 36.2 Å². The van der Waals surface area contributed by atoms with E-state index in [1.54, 1.807) is 21.3 Å². The molecule has 0 radical (unpaired) electrons. The molecule has 1 heterocycles. The number of hydrogen-bond acceptors (Lipinski definition) is 5. The maximum atomic E-state index is 14.0. The summed E-state index contributed by atoms with van der Waals surface area (Å²) >= 11 is 0. The monoisotopic (exact) mass is 392 g/mol. The van der Waals surface area contributed by atoms with E-state index in [4.69, 9.17) is 14.2 Å². The van der Waals surface area contributed by atoms with Crippen molar-refractivity contribution in [2.75, 3.05) is 59.0 Å². The van der Waals surface area contributed by atoms with Gasteiger partial charge in [-0.2, -0.15) is 0 Å². The van der Waals surface area contributed by atoms with E-state index in [2.05, 4.69) is 4.90 Å². The van der Waals surface area contributed by atoms with Gasteiger partial charge in [0.2, 0.25) is 5.75 Å². The molecule has 2 aromatic carbocycles. The lowest BCUT2D eigenvalue weighted by Gasteiger charge is -2.36. The van der Waals surface area contributed by atoms with Crippen molar-refractivity contribution in [2.24, 2.45) is 0 Å². The lowest BCUT2D eigenvalue weighted by atomic mass is 10.1. The Morgan fingerprint density at radius 3 is 2.04 bits per heavy atom. The average molecular weight is 392 g/mol. The van der Waals surface area contributed by atoms with Crippen LogP contribution in [0.2, 0.25) is 0 Å². The van der Waals surface area contributed by atoms with Crippen LogP contribution in [0, 0.1) is 11.6 Å². The van der Waals surface area contributed by atoms with Crippen molar-refractivity contribution in [1.29, 1.82) is 0 Å². The maximum absolute atomic E-state index is 14.0. The van der Waals surface area contributed by atoms with Gasteiger partial charge in [0, 0.05) is 38.8 Å². The van der Waals surface area contributed by atoms with Gasteiger partial charge in [0.15, 0.2) is 11.5 Å². The molecule has 7 heteroatoms. The fraction of sp³-hybridized carbons (Fsp3) is 0.429. The highest BCUT2D eigenvalue weighted by Crippen LogP contribution is 2.38. The van der Waals surface area contributed by atoms with Crippen LogP contribution in [0.4, 0.5) is 14.5 Å². The summed E-state index contributed by atoms with van der Waals surface area (Å²) in [6, 6.07) is 7.68. The Bertz CT molecular complexity index is 783. The first-order valence-electron chi connectivity index (χ1n) is 9.27. The quantitative estimate of drug-likeness (QED) is 0.722. The third-order valence-electron chi connectivity index (χ3n) is 5.06. The van der Waals surface area contributed by atoms with Gasteiger partial charge in [0.05, 0.1) is 27.0 Å². The van der Waals surface area contributed by atoms with Crippen LogP contribution in [0.5, 0.6) is 17.2 Å². The zero-order chi connectivity index (χ0) is 20.1. The van der Waals surface area contributed by atoms with Crippen LogP contribution in [0.15, 0.2) is 30.3 Å². The molecule has 0 aliphatic carbocycles. The Balaban J connectivity index is 1.58. The molecule has 0 amide bonds. The minimum absolute atomic E-state index is 0.464. The van der Waals surface area contributed by atoms with Gasteiger partial charge in [0.1, 0.15) is 11.6 Å². The number of anilines is 1. The lowest BCUT2D eigenvalue weighted by molar-refractivity contribution is 0.260. The Labute approximate surface area is 164 Å². The molecule has 5 nitrogen and oxygen atoms in total. The van der Waals surface area contributed by atoms with E-state index in [1.807, 2.05) is 17.0 Å². The molecule has 152 valence electrons. The predicted molar refractivity (Wildman–Crippen MR) is 105 cm³/mol. The fourth-order valence-electron chi connectivity index (χ4n) is 3.52. The molecule has 0 atom stereocenters.